The number of ether oxygens (including phenoxy) is 2. The molecule has 0 heterocycles. The average molecular weight is 332 g/mol. The van der Waals surface area contributed by atoms with Crippen LogP contribution in [-0.2, 0) is 0 Å². The van der Waals surface area contributed by atoms with E-state index in [1.165, 1.54) is 19.2 Å². The zero-order valence-electron chi connectivity index (χ0n) is 12.8. The number of benzene rings is 2. The van der Waals surface area contributed by atoms with E-state index < -0.39 is 5.82 Å². The molecule has 2 aromatic rings. The standard InChI is InChI=1S/C18H15ClFNO2/c1-3-23-18-9-13(16(19)10-17(18)22-2)7-14(11-21)12-5-4-6-15(20)8-12/h4-10H,3H2,1-2H3/b14-7-. The largest absolute Gasteiger partial charge is 0.493 e. The van der Waals surface area contributed by atoms with Gasteiger partial charge >= 0.3 is 0 Å². The number of rotatable bonds is 5. The number of methoxy groups -OCH3 is 1. The monoisotopic (exact) mass is 331 g/mol. The Morgan fingerprint density at radius 3 is 2.70 bits per heavy atom. The smallest absolute Gasteiger partial charge is 0.162 e. The Labute approximate surface area is 139 Å². The highest BCUT2D eigenvalue weighted by Gasteiger charge is 2.11. The Bertz CT molecular complexity index is 781. The van der Waals surface area contributed by atoms with Crippen LogP contribution in [0.1, 0.15) is 18.1 Å². The molecule has 3 nitrogen and oxygen atoms in total. The fraction of sp³-hybridized carbons (Fsp3) is 0.167. The molecule has 0 aliphatic rings. The Balaban J connectivity index is 2.51. The van der Waals surface area contributed by atoms with E-state index in [1.807, 2.05) is 6.92 Å². The molecule has 2 aromatic carbocycles. The van der Waals surface area contributed by atoms with E-state index in [4.69, 9.17) is 21.1 Å². The number of hydrogen-bond acceptors (Lipinski definition) is 3. The quantitative estimate of drug-likeness (QED) is 0.575. The third-order valence-corrected chi connectivity index (χ3v) is 3.47. The predicted molar refractivity (Wildman–Crippen MR) is 89.1 cm³/mol. The first-order chi connectivity index (χ1) is 11.1. The lowest BCUT2D eigenvalue weighted by molar-refractivity contribution is 0.311. The van der Waals surface area contributed by atoms with Crippen molar-refractivity contribution < 1.29 is 13.9 Å². The molecule has 5 heteroatoms. The Hall–Kier alpha value is -2.51. The lowest BCUT2D eigenvalue weighted by Gasteiger charge is -2.11. The molecular formula is C18H15ClFNO2. The van der Waals surface area contributed by atoms with Crippen LogP contribution in [0.25, 0.3) is 11.6 Å². The molecular weight excluding hydrogens is 317 g/mol. The zero-order valence-corrected chi connectivity index (χ0v) is 13.5. The number of hydrogen-bond donors (Lipinski definition) is 0. The third-order valence-electron chi connectivity index (χ3n) is 3.14. The first kappa shape index (κ1) is 16.9. The van der Waals surface area contributed by atoms with Gasteiger partial charge < -0.3 is 9.47 Å². The van der Waals surface area contributed by atoms with Crippen LogP contribution in [0.3, 0.4) is 0 Å². The van der Waals surface area contributed by atoms with Gasteiger partial charge in [0, 0.05) is 6.07 Å². The lowest BCUT2D eigenvalue weighted by atomic mass is 10.0. The van der Waals surface area contributed by atoms with Crippen molar-refractivity contribution in [1.82, 2.24) is 0 Å². The van der Waals surface area contributed by atoms with Gasteiger partial charge in [-0.25, -0.2) is 4.39 Å². The van der Waals surface area contributed by atoms with Gasteiger partial charge in [0.15, 0.2) is 11.5 Å². The SMILES string of the molecule is CCOc1cc(/C=C(/C#N)c2cccc(F)c2)c(Cl)cc1OC. The fourth-order valence-electron chi connectivity index (χ4n) is 2.08. The van der Waals surface area contributed by atoms with Crippen molar-refractivity contribution in [3.8, 4) is 17.6 Å². The molecule has 0 aliphatic heterocycles. The van der Waals surface area contributed by atoms with E-state index in [1.54, 1.807) is 30.3 Å². The van der Waals surface area contributed by atoms with Crippen molar-refractivity contribution in [2.24, 2.45) is 0 Å². The van der Waals surface area contributed by atoms with Crippen molar-refractivity contribution in [2.45, 2.75) is 6.92 Å². The van der Waals surface area contributed by atoms with Gasteiger partial charge in [0.25, 0.3) is 0 Å². The van der Waals surface area contributed by atoms with Crippen LogP contribution in [0.5, 0.6) is 11.5 Å². The van der Waals surface area contributed by atoms with Crippen molar-refractivity contribution in [3.05, 3.63) is 58.4 Å². The topological polar surface area (TPSA) is 42.2 Å². The molecule has 0 atom stereocenters. The van der Waals surface area contributed by atoms with Crippen molar-refractivity contribution in [2.75, 3.05) is 13.7 Å². The molecule has 0 radical (unpaired) electrons. The van der Waals surface area contributed by atoms with Gasteiger partial charge in [-0.1, -0.05) is 23.7 Å². The molecule has 118 valence electrons. The summed E-state index contributed by atoms with van der Waals surface area (Å²) in [6.07, 6.45) is 1.60. The summed E-state index contributed by atoms with van der Waals surface area (Å²) in [5, 5.41) is 9.77. The van der Waals surface area contributed by atoms with Gasteiger partial charge in [0.1, 0.15) is 5.82 Å². The molecule has 0 saturated heterocycles. The van der Waals surface area contributed by atoms with Crippen molar-refractivity contribution in [1.29, 1.82) is 5.26 Å². The Kier molecular flexibility index (Phi) is 5.61. The van der Waals surface area contributed by atoms with Crippen molar-refractivity contribution >= 4 is 23.3 Å². The molecule has 23 heavy (non-hydrogen) atoms. The van der Waals surface area contributed by atoms with Crippen LogP contribution in [0.4, 0.5) is 4.39 Å². The third kappa shape index (κ3) is 4.02. The summed E-state index contributed by atoms with van der Waals surface area (Å²) in [4.78, 5) is 0. The van der Waals surface area contributed by atoms with E-state index in [9.17, 15) is 9.65 Å². The van der Waals surface area contributed by atoms with E-state index in [-0.39, 0.29) is 0 Å². The molecule has 0 unspecified atom stereocenters. The first-order valence-corrected chi connectivity index (χ1v) is 7.35. The Morgan fingerprint density at radius 1 is 1.30 bits per heavy atom. The molecule has 0 spiro atoms. The number of allylic oxidation sites excluding steroid dienone is 1. The molecule has 0 amide bonds. The molecule has 2 rings (SSSR count). The van der Waals surface area contributed by atoms with Crippen molar-refractivity contribution in [3.63, 3.8) is 0 Å². The molecule has 0 N–H and O–H groups in total. The minimum absolute atomic E-state index is 0.305. The van der Waals surface area contributed by atoms with Crippen LogP contribution in [0.2, 0.25) is 5.02 Å². The fourth-order valence-corrected chi connectivity index (χ4v) is 2.29. The summed E-state index contributed by atoms with van der Waals surface area (Å²) in [5.41, 5.74) is 1.38. The van der Waals surface area contributed by atoms with Crippen LogP contribution in [0, 0.1) is 17.1 Å². The first-order valence-electron chi connectivity index (χ1n) is 6.97. The van der Waals surface area contributed by atoms with Crippen LogP contribution in [-0.4, -0.2) is 13.7 Å². The van der Waals surface area contributed by atoms with E-state index in [2.05, 4.69) is 6.07 Å². The van der Waals surface area contributed by atoms with Gasteiger partial charge in [-0.2, -0.15) is 5.26 Å². The second-order valence-electron chi connectivity index (χ2n) is 4.64. The minimum atomic E-state index is -0.403. The zero-order chi connectivity index (χ0) is 16.8. The minimum Gasteiger partial charge on any atom is -0.493 e. The maximum atomic E-state index is 13.3. The Morgan fingerprint density at radius 2 is 2.09 bits per heavy atom. The normalized spacial score (nSPS) is 11.0. The summed E-state index contributed by atoms with van der Waals surface area (Å²) >= 11 is 6.24. The number of nitriles is 1. The van der Waals surface area contributed by atoms with Gasteiger partial charge in [0.05, 0.1) is 30.4 Å². The van der Waals surface area contributed by atoms with Crippen LogP contribution < -0.4 is 9.47 Å². The molecule has 0 bridgehead atoms. The maximum Gasteiger partial charge on any atom is 0.162 e. The van der Waals surface area contributed by atoms with Gasteiger partial charge in [0.2, 0.25) is 0 Å². The van der Waals surface area contributed by atoms with E-state index >= 15 is 0 Å². The van der Waals surface area contributed by atoms with Crippen LogP contribution >= 0.6 is 11.6 Å². The average Bonchev–Trinajstić information content (AvgIpc) is 2.55. The second kappa shape index (κ2) is 7.66. The van der Waals surface area contributed by atoms with E-state index in [0.717, 1.165) is 0 Å². The summed E-state index contributed by atoms with van der Waals surface area (Å²) < 4.78 is 24.1. The van der Waals surface area contributed by atoms with Crippen LogP contribution in [0.15, 0.2) is 36.4 Å². The summed E-state index contributed by atoms with van der Waals surface area (Å²) in [7, 11) is 1.52. The molecule has 0 fully saturated rings. The predicted octanol–water partition coefficient (Wildman–Crippen LogP) is 4.95. The van der Waals surface area contributed by atoms with Gasteiger partial charge in [-0.3, -0.25) is 0 Å². The highest BCUT2D eigenvalue weighted by atomic mass is 35.5. The van der Waals surface area contributed by atoms with Gasteiger partial charge in [-0.15, -0.1) is 0 Å². The second-order valence-corrected chi connectivity index (χ2v) is 5.04. The highest BCUT2D eigenvalue weighted by molar-refractivity contribution is 6.32. The number of nitrogens with zero attached hydrogens (tertiary/aromatic N) is 1. The van der Waals surface area contributed by atoms with Gasteiger partial charge in [-0.05, 0) is 42.3 Å². The number of halogens is 2. The molecule has 0 aromatic heterocycles. The summed E-state index contributed by atoms with van der Waals surface area (Å²) in [6, 6.07) is 11.2. The molecule has 0 saturated carbocycles. The maximum absolute atomic E-state index is 13.3. The highest BCUT2D eigenvalue weighted by Crippen LogP contribution is 2.35. The lowest BCUT2D eigenvalue weighted by Crippen LogP contribution is -1.96. The molecule has 0 aliphatic carbocycles. The summed E-state index contributed by atoms with van der Waals surface area (Å²) in [6.45, 7) is 2.33. The summed E-state index contributed by atoms with van der Waals surface area (Å²) in [5.74, 6) is 0.639. The van der Waals surface area contributed by atoms with E-state index in [0.29, 0.717) is 39.8 Å².